The first kappa shape index (κ1) is 16.1. The highest BCUT2D eigenvalue weighted by Crippen LogP contribution is 2.25. The van der Waals surface area contributed by atoms with Crippen LogP contribution in [0.2, 0.25) is 0 Å². The number of amides is 1. The van der Waals surface area contributed by atoms with E-state index in [4.69, 9.17) is 9.84 Å². The van der Waals surface area contributed by atoms with Crippen molar-refractivity contribution in [3.05, 3.63) is 35.6 Å². The molecule has 1 aromatic rings. The van der Waals surface area contributed by atoms with Crippen molar-refractivity contribution >= 4 is 11.9 Å². The maximum Gasteiger partial charge on any atom is 0.334 e. The third kappa shape index (κ3) is 3.54. The summed E-state index contributed by atoms with van der Waals surface area (Å²) in [5.41, 5.74) is -0.857. The van der Waals surface area contributed by atoms with Gasteiger partial charge in [-0.2, -0.15) is 0 Å². The van der Waals surface area contributed by atoms with Crippen molar-refractivity contribution in [2.75, 3.05) is 13.7 Å². The van der Waals surface area contributed by atoms with Crippen LogP contribution in [0.15, 0.2) is 24.3 Å². The average molecular weight is 283 g/mol. The highest BCUT2D eigenvalue weighted by atomic mass is 19.1. The van der Waals surface area contributed by atoms with Crippen molar-refractivity contribution < 1.29 is 23.8 Å². The summed E-state index contributed by atoms with van der Waals surface area (Å²) < 4.78 is 18.5. The summed E-state index contributed by atoms with van der Waals surface area (Å²) in [6.45, 7) is 2.97. The van der Waals surface area contributed by atoms with Crippen molar-refractivity contribution in [1.29, 1.82) is 0 Å². The van der Waals surface area contributed by atoms with E-state index in [9.17, 15) is 14.0 Å². The lowest BCUT2D eigenvalue weighted by Gasteiger charge is -2.25. The molecular formula is C14H18FNO4. The maximum absolute atomic E-state index is 13.7. The molecule has 1 amide bonds. The number of hydrogen-bond acceptors (Lipinski definition) is 3. The van der Waals surface area contributed by atoms with Crippen molar-refractivity contribution in [3.63, 3.8) is 0 Å². The number of carboxylic acids is 1. The Morgan fingerprint density at radius 2 is 2.00 bits per heavy atom. The molecule has 1 aromatic carbocycles. The first-order chi connectivity index (χ1) is 9.30. The molecule has 20 heavy (non-hydrogen) atoms. The van der Waals surface area contributed by atoms with E-state index < -0.39 is 29.2 Å². The molecule has 0 spiro atoms. The largest absolute Gasteiger partial charge is 0.479 e. The molecule has 0 bridgehead atoms. The maximum atomic E-state index is 13.7. The van der Waals surface area contributed by atoms with Gasteiger partial charge in [0.05, 0.1) is 12.0 Å². The Morgan fingerprint density at radius 1 is 1.40 bits per heavy atom. The van der Waals surface area contributed by atoms with Crippen molar-refractivity contribution in [2.45, 2.75) is 25.4 Å². The van der Waals surface area contributed by atoms with E-state index in [0.717, 1.165) is 0 Å². The Kier molecular flexibility index (Phi) is 5.21. The minimum absolute atomic E-state index is 0.178. The van der Waals surface area contributed by atoms with E-state index in [1.165, 1.54) is 25.3 Å². The number of benzene rings is 1. The molecular weight excluding hydrogens is 265 g/mol. The number of ether oxygens (including phenoxy) is 1. The summed E-state index contributed by atoms with van der Waals surface area (Å²) in [6, 6.07) is 5.99. The van der Waals surface area contributed by atoms with E-state index in [-0.39, 0.29) is 12.1 Å². The number of carbonyl (C=O) groups is 2. The van der Waals surface area contributed by atoms with Crippen LogP contribution in [0.3, 0.4) is 0 Å². The zero-order valence-corrected chi connectivity index (χ0v) is 11.6. The van der Waals surface area contributed by atoms with E-state index >= 15 is 0 Å². The number of halogens is 1. The Bertz CT molecular complexity index is 502. The number of rotatable bonds is 6. The molecule has 1 rings (SSSR count). The highest BCUT2D eigenvalue weighted by Gasteiger charge is 2.32. The fraction of sp³-hybridized carbons (Fsp3) is 0.429. The summed E-state index contributed by atoms with van der Waals surface area (Å²) in [5.74, 6) is -2.11. The summed E-state index contributed by atoms with van der Waals surface area (Å²) in [5, 5.41) is 11.3. The first-order valence-corrected chi connectivity index (χ1v) is 6.09. The van der Waals surface area contributed by atoms with Crippen LogP contribution in [0, 0.1) is 5.82 Å². The molecule has 0 saturated carbocycles. The fourth-order valence-corrected chi connectivity index (χ4v) is 1.77. The Morgan fingerprint density at radius 3 is 2.50 bits per heavy atom. The van der Waals surface area contributed by atoms with Crippen LogP contribution in [-0.2, 0) is 19.7 Å². The molecule has 110 valence electrons. The molecule has 1 unspecified atom stereocenters. The second kappa shape index (κ2) is 6.47. The van der Waals surface area contributed by atoms with Gasteiger partial charge in [0.25, 0.3) is 0 Å². The lowest BCUT2D eigenvalue weighted by molar-refractivity contribution is -0.148. The second-order valence-electron chi connectivity index (χ2n) is 4.88. The topological polar surface area (TPSA) is 75.6 Å². The Hall–Kier alpha value is -1.95. The lowest BCUT2D eigenvalue weighted by Crippen LogP contribution is -2.45. The number of hydrogen-bond donors (Lipinski definition) is 2. The first-order valence-electron chi connectivity index (χ1n) is 6.09. The van der Waals surface area contributed by atoms with Crippen molar-refractivity contribution in [3.8, 4) is 0 Å². The van der Waals surface area contributed by atoms with Crippen molar-refractivity contribution in [1.82, 2.24) is 5.32 Å². The third-order valence-electron chi connectivity index (χ3n) is 3.12. The van der Waals surface area contributed by atoms with Gasteiger partial charge in [-0.3, -0.25) is 4.79 Å². The summed E-state index contributed by atoms with van der Waals surface area (Å²) in [7, 11) is 1.24. The van der Waals surface area contributed by atoms with E-state index in [1.54, 1.807) is 19.9 Å². The van der Waals surface area contributed by atoms with Gasteiger partial charge in [0.2, 0.25) is 5.91 Å². The van der Waals surface area contributed by atoms with Gasteiger partial charge in [-0.05, 0) is 19.9 Å². The third-order valence-corrected chi connectivity index (χ3v) is 3.12. The molecule has 2 N–H and O–H groups in total. The van der Waals surface area contributed by atoms with Gasteiger partial charge in [-0.15, -0.1) is 0 Å². The van der Waals surface area contributed by atoms with Crippen LogP contribution in [0.1, 0.15) is 19.4 Å². The minimum Gasteiger partial charge on any atom is -0.479 e. The van der Waals surface area contributed by atoms with Crippen LogP contribution < -0.4 is 5.32 Å². The van der Waals surface area contributed by atoms with Gasteiger partial charge >= 0.3 is 5.97 Å². The van der Waals surface area contributed by atoms with Crippen molar-refractivity contribution in [2.24, 2.45) is 0 Å². The summed E-state index contributed by atoms with van der Waals surface area (Å²) >= 11 is 0. The van der Waals surface area contributed by atoms with E-state index in [2.05, 4.69) is 5.32 Å². The molecule has 0 aliphatic rings. The standard InChI is InChI=1S/C14H18FNO4/c1-14(2,9-6-4-5-7-10(9)15)13(19)16-8-11(20-3)12(17)18/h4-7,11H,8H2,1-3H3,(H,16,19)(H,17,18). The predicted octanol–water partition coefficient (Wildman–Crippen LogP) is 1.32. The van der Waals surface area contributed by atoms with Gasteiger partial charge in [0.1, 0.15) is 5.82 Å². The summed E-state index contributed by atoms with van der Waals surface area (Å²) in [6.07, 6.45) is -1.13. The molecule has 6 heteroatoms. The van der Waals surface area contributed by atoms with Gasteiger partial charge in [0.15, 0.2) is 6.10 Å². The van der Waals surface area contributed by atoms with Crippen LogP contribution in [0.4, 0.5) is 4.39 Å². The second-order valence-corrected chi connectivity index (χ2v) is 4.88. The normalized spacial score (nSPS) is 12.8. The fourth-order valence-electron chi connectivity index (χ4n) is 1.77. The molecule has 0 aliphatic heterocycles. The highest BCUT2D eigenvalue weighted by molar-refractivity contribution is 5.87. The minimum atomic E-state index is -1.17. The number of carboxylic acid groups (broad SMARTS) is 1. The number of methoxy groups -OCH3 is 1. The molecule has 0 saturated heterocycles. The average Bonchev–Trinajstić information content (AvgIpc) is 2.39. The van der Waals surface area contributed by atoms with Gasteiger partial charge in [-0.1, -0.05) is 18.2 Å². The van der Waals surface area contributed by atoms with Gasteiger partial charge < -0.3 is 15.2 Å². The van der Waals surface area contributed by atoms with E-state index in [0.29, 0.717) is 0 Å². The Balaban J connectivity index is 2.81. The summed E-state index contributed by atoms with van der Waals surface area (Å²) in [4.78, 5) is 22.9. The van der Waals surface area contributed by atoms with Gasteiger partial charge in [-0.25, -0.2) is 9.18 Å². The quantitative estimate of drug-likeness (QED) is 0.825. The van der Waals surface area contributed by atoms with E-state index in [1.807, 2.05) is 0 Å². The Labute approximate surface area is 116 Å². The lowest BCUT2D eigenvalue weighted by atomic mass is 9.83. The zero-order chi connectivity index (χ0) is 15.3. The molecule has 1 atom stereocenters. The monoisotopic (exact) mass is 283 g/mol. The SMILES string of the molecule is COC(CNC(=O)C(C)(C)c1ccccc1F)C(=O)O. The molecule has 0 aromatic heterocycles. The number of carbonyl (C=O) groups excluding carboxylic acids is 1. The molecule has 5 nitrogen and oxygen atoms in total. The molecule has 0 radical (unpaired) electrons. The molecule has 0 aliphatic carbocycles. The molecule has 0 heterocycles. The smallest absolute Gasteiger partial charge is 0.334 e. The van der Waals surface area contributed by atoms with Crippen LogP contribution in [0.5, 0.6) is 0 Å². The van der Waals surface area contributed by atoms with Crippen LogP contribution in [0.25, 0.3) is 0 Å². The molecule has 0 fully saturated rings. The van der Waals surface area contributed by atoms with Crippen LogP contribution in [-0.4, -0.2) is 36.7 Å². The zero-order valence-electron chi connectivity index (χ0n) is 11.6. The van der Waals surface area contributed by atoms with Crippen LogP contribution >= 0.6 is 0 Å². The number of aliphatic carboxylic acids is 1. The van der Waals surface area contributed by atoms with Gasteiger partial charge in [0, 0.05) is 12.7 Å². The predicted molar refractivity (Wildman–Crippen MR) is 70.9 cm³/mol. The number of nitrogens with one attached hydrogen (secondary N) is 1.